The maximum Gasteiger partial charge on any atom is 0.253 e. The monoisotopic (exact) mass is 366 g/mol. The van der Waals surface area contributed by atoms with E-state index in [0.29, 0.717) is 0 Å². The number of hydrogen-bond acceptors (Lipinski definition) is 4. The minimum Gasteiger partial charge on any atom is -0.388 e. The topological polar surface area (TPSA) is 64.0 Å². The summed E-state index contributed by atoms with van der Waals surface area (Å²) in [4.78, 5) is 15.0. The zero-order chi connectivity index (χ0) is 20.0. The van der Waals surface area contributed by atoms with Gasteiger partial charge in [0, 0.05) is 32.3 Å². The van der Waals surface area contributed by atoms with Gasteiger partial charge in [0.25, 0.3) is 5.91 Å². The number of anilines is 1. The summed E-state index contributed by atoms with van der Waals surface area (Å²) in [5, 5.41) is 20.6. The van der Waals surface area contributed by atoms with Crippen molar-refractivity contribution in [3.63, 3.8) is 0 Å². The van der Waals surface area contributed by atoms with Crippen molar-refractivity contribution in [3.8, 4) is 11.8 Å². The molecule has 1 unspecified atom stereocenters. The smallest absolute Gasteiger partial charge is 0.253 e. The summed E-state index contributed by atoms with van der Waals surface area (Å²) in [5.74, 6) is 5.77. The fourth-order valence-electron chi connectivity index (χ4n) is 2.67. The summed E-state index contributed by atoms with van der Waals surface area (Å²) in [6.07, 6.45) is -2.72. The molecule has 0 saturated heterocycles. The van der Waals surface area contributed by atoms with E-state index in [1.165, 1.54) is 4.90 Å². The lowest BCUT2D eigenvalue weighted by Crippen LogP contribution is -2.51. The Labute approximate surface area is 160 Å². The quantitative estimate of drug-likeness (QED) is 0.791. The van der Waals surface area contributed by atoms with Gasteiger partial charge in [0.2, 0.25) is 0 Å². The van der Waals surface area contributed by atoms with Crippen LogP contribution in [0.2, 0.25) is 0 Å². The fraction of sp³-hybridized carbons (Fsp3) is 0.318. The van der Waals surface area contributed by atoms with Crippen LogP contribution in [0.1, 0.15) is 18.1 Å². The summed E-state index contributed by atoms with van der Waals surface area (Å²) >= 11 is 0. The van der Waals surface area contributed by atoms with Gasteiger partial charge in [-0.25, -0.2) is 0 Å². The second kappa shape index (κ2) is 9.22. The lowest BCUT2D eigenvalue weighted by Gasteiger charge is -2.33. The third-order valence-corrected chi connectivity index (χ3v) is 4.52. The molecule has 3 atom stereocenters. The van der Waals surface area contributed by atoms with E-state index >= 15 is 0 Å². The maximum absolute atomic E-state index is 11.9. The van der Waals surface area contributed by atoms with Crippen molar-refractivity contribution in [2.75, 3.05) is 26.0 Å². The molecule has 2 N–H and O–H groups in total. The molecule has 5 nitrogen and oxygen atoms in total. The Kier molecular flexibility index (Phi) is 7.00. The Morgan fingerprint density at radius 1 is 0.926 bits per heavy atom. The second-order valence-corrected chi connectivity index (χ2v) is 6.65. The molecule has 0 heterocycles. The Bertz CT molecular complexity index is 824. The number of hydrogen-bond donors (Lipinski definition) is 2. The molecule has 0 radical (unpaired) electrons. The molecule has 0 aliphatic carbocycles. The largest absolute Gasteiger partial charge is 0.388 e. The minimum atomic E-state index is -1.49. The molecule has 1 amide bonds. The molecule has 5 heteroatoms. The highest BCUT2D eigenvalue weighted by molar-refractivity contribution is 5.81. The van der Waals surface area contributed by atoms with Crippen LogP contribution in [0.25, 0.3) is 0 Å². The average molecular weight is 366 g/mol. The Morgan fingerprint density at radius 2 is 1.52 bits per heavy atom. The predicted octanol–water partition coefficient (Wildman–Crippen LogP) is 1.72. The number of rotatable bonds is 5. The standard InChI is InChI=1S/C22H26N2O3/c1-16(20(25)21(26)22(27)23(2)3)24(4)19-13-9-8-12-18(19)15-14-17-10-6-5-7-11-17/h5-13,16,20-21,25-26H,1-4H3/t16?,20-,21+/m0/s1. The molecule has 2 aromatic carbocycles. The molecule has 0 aromatic heterocycles. The molecule has 0 aliphatic rings. The van der Waals surface area contributed by atoms with Gasteiger partial charge in [-0.05, 0) is 31.2 Å². The first-order valence-electron chi connectivity index (χ1n) is 8.79. The van der Waals surface area contributed by atoms with Crippen molar-refractivity contribution in [1.29, 1.82) is 0 Å². The Balaban J connectivity index is 2.25. The summed E-state index contributed by atoms with van der Waals surface area (Å²) in [6.45, 7) is 1.76. The number of nitrogens with zero attached hydrogens (tertiary/aromatic N) is 2. The van der Waals surface area contributed by atoms with Gasteiger partial charge in [0.15, 0.2) is 6.10 Å². The lowest BCUT2D eigenvalue weighted by atomic mass is 10.0. The molecule has 0 bridgehead atoms. The van der Waals surface area contributed by atoms with Crippen LogP contribution in [0.5, 0.6) is 0 Å². The number of carbonyl (C=O) groups is 1. The van der Waals surface area contributed by atoms with E-state index < -0.39 is 24.2 Å². The van der Waals surface area contributed by atoms with Gasteiger partial charge in [-0.2, -0.15) is 0 Å². The normalized spacial score (nSPS) is 13.7. The first-order chi connectivity index (χ1) is 12.8. The van der Waals surface area contributed by atoms with Gasteiger partial charge in [-0.3, -0.25) is 4.79 Å². The van der Waals surface area contributed by atoms with Gasteiger partial charge in [0.05, 0.1) is 11.7 Å². The third-order valence-electron chi connectivity index (χ3n) is 4.52. The molecule has 0 spiro atoms. The van der Waals surface area contributed by atoms with Crippen molar-refractivity contribution in [3.05, 3.63) is 65.7 Å². The average Bonchev–Trinajstić information content (AvgIpc) is 2.70. The van der Waals surface area contributed by atoms with E-state index in [9.17, 15) is 15.0 Å². The van der Waals surface area contributed by atoms with Crippen LogP contribution in [0, 0.1) is 11.8 Å². The van der Waals surface area contributed by atoms with Crippen LogP contribution in [0.3, 0.4) is 0 Å². The van der Waals surface area contributed by atoms with Crippen LogP contribution < -0.4 is 4.90 Å². The van der Waals surface area contributed by atoms with Crippen LogP contribution in [-0.2, 0) is 4.79 Å². The number of aliphatic hydroxyl groups excluding tert-OH is 2. The highest BCUT2D eigenvalue weighted by Crippen LogP contribution is 2.22. The third kappa shape index (κ3) is 5.10. The van der Waals surface area contributed by atoms with E-state index in [2.05, 4.69) is 11.8 Å². The van der Waals surface area contributed by atoms with E-state index in [-0.39, 0.29) is 0 Å². The molecule has 2 aromatic rings. The molecule has 0 fully saturated rings. The van der Waals surface area contributed by atoms with E-state index in [1.54, 1.807) is 21.0 Å². The highest BCUT2D eigenvalue weighted by atomic mass is 16.3. The summed E-state index contributed by atoms with van der Waals surface area (Å²) in [7, 11) is 4.89. The van der Waals surface area contributed by atoms with Crippen molar-refractivity contribution in [2.45, 2.75) is 25.2 Å². The van der Waals surface area contributed by atoms with Gasteiger partial charge in [0.1, 0.15) is 6.10 Å². The SMILES string of the molecule is CC([C@H](O)[C@@H](O)C(=O)N(C)C)N(C)c1ccccc1C#Cc1ccccc1. The number of amides is 1. The van der Waals surface area contributed by atoms with E-state index in [4.69, 9.17) is 0 Å². The van der Waals surface area contributed by atoms with Crippen LogP contribution >= 0.6 is 0 Å². The molecule has 142 valence electrons. The van der Waals surface area contributed by atoms with Gasteiger partial charge < -0.3 is 20.0 Å². The number of carbonyl (C=O) groups excluding carboxylic acids is 1. The predicted molar refractivity (Wildman–Crippen MR) is 107 cm³/mol. The van der Waals surface area contributed by atoms with Crippen LogP contribution in [-0.4, -0.2) is 60.4 Å². The Morgan fingerprint density at radius 3 is 2.15 bits per heavy atom. The fourth-order valence-corrected chi connectivity index (χ4v) is 2.67. The molecule has 0 aliphatic heterocycles. The van der Waals surface area contributed by atoms with Gasteiger partial charge in [-0.1, -0.05) is 42.2 Å². The van der Waals surface area contributed by atoms with Crippen molar-refractivity contribution >= 4 is 11.6 Å². The number of benzene rings is 2. The number of aliphatic hydroxyl groups is 2. The molecular weight excluding hydrogens is 340 g/mol. The molecule has 0 saturated carbocycles. The molecular formula is C22H26N2O3. The first kappa shape index (κ1) is 20.5. The molecule has 27 heavy (non-hydrogen) atoms. The summed E-state index contributed by atoms with van der Waals surface area (Å²) < 4.78 is 0. The zero-order valence-electron chi connectivity index (χ0n) is 16.1. The Hall–Kier alpha value is -2.81. The molecule has 2 rings (SSSR count). The maximum atomic E-state index is 11.9. The van der Waals surface area contributed by atoms with Crippen molar-refractivity contribution < 1.29 is 15.0 Å². The van der Waals surface area contributed by atoms with Crippen LogP contribution in [0.4, 0.5) is 5.69 Å². The number of likely N-dealkylation sites (N-methyl/N-ethyl adjacent to an activating group) is 2. The first-order valence-corrected chi connectivity index (χ1v) is 8.79. The summed E-state index contributed by atoms with van der Waals surface area (Å²) in [6, 6.07) is 16.8. The lowest BCUT2D eigenvalue weighted by molar-refractivity contribution is -0.144. The van der Waals surface area contributed by atoms with Gasteiger partial charge in [-0.15, -0.1) is 0 Å². The van der Waals surface area contributed by atoms with Crippen molar-refractivity contribution in [1.82, 2.24) is 4.90 Å². The van der Waals surface area contributed by atoms with E-state index in [1.807, 2.05) is 66.5 Å². The van der Waals surface area contributed by atoms with Crippen LogP contribution in [0.15, 0.2) is 54.6 Å². The zero-order valence-corrected chi connectivity index (χ0v) is 16.1. The van der Waals surface area contributed by atoms with E-state index in [0.717, 1.165) is 16.8 Å². The van der Waals surface area contributed by atoms with Crippen molar-refractivity contribution in [2.24, 2.45) is 0 Å². The summed E-state index contributed by atoms with van der Waals surface area (Å²) in [5.41, 5.74) is 2.53. The highest BCUT2D eigenvalue weighted by Gasteiger charge is 2.32. The van der Waals surface area contributed by atoms with Gasteiger partial charge >= 0.3 is 0 Å². The minimum absolute atomic E-state index is 0.497. The second-order valence-electron chi connectivity index (χ2n) is 6.65. The number of para-hydroxylation sites is 1.